The zero-order valence-electron chi connectivity index (χ0n) is 13.9. The first-order valence-electron chi connectivity index (χ1n) is 8.56. The van der Waals surface area contributed by atoms with Crippen LogP contribution in [0.4, 0.5) is 11.4 Å². The summed E-state index contributed by atoms with van der Waals surface area (Å²) in [7, 11) is 0. The third-order valence-electron chi connectivity index (χ3n) is 4.79. The highest BCUT2D eigenvalue weighted by Gasteiger charge is 2.57. The van der Waals surface area contributed by atoms with Gasteiger partial charge in [-0.2, -0.15) is 0 Å². The number of benzene rings is 1. The Labute approximate surface area is 137 Å². The van der Waals surface area contributed by atoms with E-state index < -0.39 is 5.41 Å². The Kier molecular flexibility index (Phi) is 4.28. The third kappa shape index (κ3) is 3.33. The maximum absolute atomic E-state index is 12.5. The number of rotatable bonds is 7. The predicted octanol–water partition coefficient (Wildman–Crippen LogP) is 2.53. The van der Waals surface area contributed by atoms with Crippen molar-refractivity contribution in [3.63, 3.8) is 0 Å². The van der Waals surface area contributed by atoms with E-state index in [4.69, 9.17) is 0 Å². The summed E-state index contributed by atoms with van der Waals surface area (Å²) in [6, 6.07) is 8.11. The van der Waals surface area contributed by atoms with Crippen molar-refractivity contribution in [1.82, 2.24) is 5.32 Å². The van der Waals surface area contributed by atoms with Crippen molar-refractivity contribution in [2.45, 2.75) is 45.6 Å². The van der Waals surface area contributed by atoms with Crippen LogP contribution in [0.3, 0.4) is 0 Å². The lowest BCUT2D eigenvalue weighted by Gasteiger charge is -2.21. The molecule has 23 heavy (non-hydrogen) atoms. The highest BCUT2D eigenvalue weighted by atomic mass is 16.2. The van der Waals surface area contributed by atoms with Crippen molar-refractivity contribution in [1.29, 1.82) is 0 Å². The first kappa shape index (κ1) is 15.8. The van der Waals surface area contributed by atoms with Gasteiger partial charge in [0.1, 0.15) is 5.41 Å². The number of nitrogens with zero attached hydrogens (tertiary/aromatic N) is 1. The van der Waals surface area contributed by atoms with Crippen LogP contribution in [0.1, 0.15) is 39.5 Å². The minimum atomic E-state index is -0.833. The predicted molar refractivity (Wildman–Crippen MR) is 91.5 cm³/mol. The van der Waals surface area contributed by atoms with Gasteiger partial charge in [0.25, 0.3) is 0 Å². The Morgan fingerprint density at radius 2 is 1.70 bits per heavy atom. The van der Waals surface area contributed by atoms with E-state index in [1.165, 1.54) is 0 Å². The molecule has 2 amide bonds. The molecule has 2 aliphatic carbocycles. The van der Waals surface area contributed by atoms with E-state index in [2.05, 4.69) is 29.4 Å². The molecule has 2 fully saturated rings. The lowest BCUT2D eigenvalue weighted by atomic mass is 10.0. The van der Waals surface area contributed by atoms with Crippen LogP contribution in [0.15, 0.2) is 24.3 Å². The fourth-order valence-corrected chi connectivity index (χ4v) is 2.83. The van der Waals surface area contributed by atoms with Gasteiger partial charge in [0.05, 0.1) is 0 Å². The lowest BCUT2D eigenvalue weighted by molar-refractivity contribution is -0.134. The molecule has 0 aromatic heterocycles. The van der Waals surface area contributed by atoms with Gasteiger partial charge < -0.3 is 15.5 Å². The van der Waals surface area contributed by atoms with Gasteiger partial charge in [-0.15, -0.1) is 0 Å². The number of nitrogens with one attached hydrogen (secondary N) is 2. The number of amides is 2. The second kappa shape index (κ2) is 6.22. The van der Waals surface area contributed by atoms with Crippen LogP contribution in [0.2, 0.25) is 0 Å². The van der Waals surface area contributed by atoms with E-state index in [9.17, 15) is 9.59 Å². The second-order valence-electron chi connectivity index (χ2n) is 6.50. The molecule has 0 radical (unpaired) electrons. The van der Waals surface area contributed by atoms with Crippen molar-refractivity contribution >= 4 is 23.2 Å². The van der Waals surface area contributed by atoms with Gasteiger partial charge in [-0.3, -0.25) is 9.59 Å². The monoisotopic (exact) mass is 315 g/mol. The summed E-state index contributed by atoms with van der Waals surface area (Å²) in [5, 5.41) is 5.86. The van der Waals surface area contributed by atoms with E-state index in [1.807, 2.05) is 24.3 Å². The molecular formula is C18H25N3O2. The van der Waals surface area contributed by atoms with Crippen LogP contribution < -0.4 is 15.5 Å². The van der Waals surface area contributed by atoms with Gasteiger partial charge in [-0.05, 0) is 63.8 Å². The molecule has 0 aliphatic heterocycles. The van der Waals surface area contributed by atoms with Crippen LogP contribution >= 0.6 is 0 Å². The molecule has 1 aromatic rings. The molecule has 0 spiro atoms. The Bertz CT molecular complexity index is 585. The van der Waals surface area contributed by atoms with E-state index in [-0.39, 0.29) is 11.8 Å². The average Bonchev–Trinajstić information content (AvgIpc) is 3.44. The van der Waals surface area contributed by atoms with Gasteiger partial charge in [0.15, 0.2) is 0 Å². The fourth-order valence-electron chi connectivity index (χ4n) is 2.83. The number of hydrogen-bond acceptors (Lipinski definition) is 3. The van der Waals surface area contributed by atoms with Gasteiger partial charge in [-0.25, -0.2) is 0 Å². The first-order chi connectivity index (χ1) is 11.1. The minimum Gasteiger partial charge on any atom is -0.372 e. The summed E-state index contributed by atoms with van der Waals surface area (Å²) >= 11 is 0. The number of carbonyl (C=O) groups excluding carboxylic acids is 2. The molecule has 2 aliphatic rings. The van der Waals surface area contributed by atoms with E-state index >= 15 is 0 Å². The Morgan fingerprint density at radius 3 is 2.17 bits per heavy atom. The lowest BCUT2D eigenvalue weighted by Crippen LogP contribution is -2.40. The summed E-state index contributed by atoms with van der Waals surface area (Å²) in [6.07, 6.45) is 3.37. The third-order valence-corrected chi connectivity index (χ3v) is 4.79. The van der Waals surface area contributed by atoms with E-state index in [1.54, 1.807) is 0 Å². The van der Waals surface area contributed by atoms with Gasteiger partial charge in [0, 0.05) is 30.5 Å². The van der Waals surface area contributed by atoms with Crippen molar-refractivity contribution < 1.29 is 9.59 Å². The largest absolute Gasteiger partial charge is 0.372 e. The topological polar surface area (TPSA) is 61.4 Å². The Balaban J connectivity index is 1.62. The Morgan fingerprint density at radius 1 is 1.09 bits per heavy atom. The average molecular weight is 315 g/mol. The summed E-state index contributed by atoms with van der Waals surface area (Å²) in [5.41, 5.74) is 1.05. The first-order valence-corrected chi connectivity index (χ1v) is 8.56. The fraction of sp³-hybridized carbons (Fsp3) is 0.556. The standard InChI is InChI=1S/C18H25N3O2/c1-3-21(4-2)15-9-7-14(8-10-15)20-17(23)18(11-12-18)16(22)19-13-5-6-13/h7-10,13H,3-6,11-12H2,1-2H3,(H,19,22)(H,20,23). The number of hydrogen-bond donors (Lipinski definition) is 2. The molecule has 0 saturated heterocycles. The van der Waals surface area contributed by atoms with Crippen molar-refractivity contribution in [3.05, 3.63) is 24.3 Å². The number of anilines is 2. The SMILES string of the molecule is CCN(CC)c1ccc(NC(=O)C2(C(=O)NC3CC3)CC2)cc1. The maximum Gasteiger partial charge on any atom is 0.240 e. The summed E-state index contributed by atoms with van der Waals surface area (Å²) in [5.74, 6) is -0.275. The Hall–Kier alpha value is -2.04. The summed E-state index contributed by atoms with van der Waals surface area (Å²) in [6.45, 7) is 6.14. The van der Waals surface area contributed by atoms with Crippen LogP contribution in [-0.2, 0) is 9.59 Å². The van der Waals surface area contributed by atoms with Gasteiger partial charge in [0.2, 0.25) is 11.8 Å². The van der Waals surface area contributed by atoms with Gasteiger partial charge in [-0.1, -0.05) is 0 Å². The molecule has 5 heteroatoms. The summed E-state index contributed by atoms with van der Waals surface area (Å²) in [4.78, 5) is 27.0. The second-order valence-corrected chi connectivity index (χ2v) is 6.50. The van der Waals surface area contributed by atoms with E-state index in [0.29, 0.717) is 18.9 Å². The molecule has 3 rings (SSSR count). The van der Waals surface area contributed by atoms with Crippen LogP contribution in [-0.4, -0.2) is 30.9 Å². The zero-order valence-corrected chi connectivity index (χ0v) is 13.9. The summed E-state index contributed by atoms with van der Waals surface area (Å²) < 4.78 is 0. The smallest absolute Gasteiger partial charge is 0.240 e. The molecule has 0 atom stereocenters. The van der Waals surface area contributed by atoms with Crippen LogP contribution in [0.25, 0.3) is 0 Å². The molecule has 0 unspecified atom stereocenters. The van der Waals surface area contributed by atoms with Crippen molar-refractivity contribution in [2.24, 2.45) is 5.41 Å². The molecule has 1 aromatic carbocycles. The molecule has 2 saturated carbocycles. The highest BCUT2D eigenvalue weighted by molar-refractivity contribution is 6.13. The quantitative estimate of drug-likeness (QED) is 0.760. The molecule has 5 nitrogen and oxygen atoms in total. The molecule has 2 N–H and O–H groups in total. The normalized spacial score (nSPS) is 18.2. The highest BCUT2D eigenvalue weighted by Crippen LogP contribution is 2.47. The van der Waals surface area contributed by atoms with E-state index in [0.717, 1.165) is 37.3 Å². The molecule has 0 bridgehead atoms. The van der Waals surface area contributed by atoms with Crippen LogP contribution in [0, 0.1) is 5.41 Å². The molecular weight excluding hydrogens is 290 g/mol. The van der Waals surface area contributed by atoms with Crippen molar-refractivity contribution in [3.8, 4) is 0 Å². The molecule has 124 valence electrons. The zero-order chi connectivity index (χ0) is 16.4. The number of carbonyl (C=O) groups is 2. The minimum absolute atomic E-state index is 0.0998. The van der Waals surface area contributed by atoms with Gasteiger partial charge >= 0.3 is 0 Å². The van der Waals surface area contributed by atoms with Crippen LogP contribution in [0.5, 0.6) is 0 Å². The maximum atomic E-state index is 12.5. The molecule has 0 heterocycles. The van der Waals surface area contributed by atoms with Crippen molar-refractivity contribution in [2.75, 3.05) is 23.3 Å².